The molecule has 0 saturated carbocycles. The van der Waals surface area contributed by atoms with E-state index in [1.165, 1.54) is 0 Å². The molecule has 1 aromatic carbocycles. The summed E-state index contributed by atoms with van der Waals surface area (Å²) in [5.74, 6) is 0. The van der Waals surface area contributed by atoms with Crippen LogP contribution in [0.1, 0.15) is 24.2 Å². The predicted molar refractivity (Wildman–Crippen MR) is 80.8 cm³/mol. The fourth-order valence-corrected chi connectivity index (χ4v) is 3.05. The molecule has 0 fully saturated rings. The topological polar surface area (TPSA) is 43.8 Å². The second-order valence-electron chi connectivity index (χ2n) is 3.84. The summed E-state index contributed by atoms with van der Waals surface area (Å²) in [5, 5.41) is 4.94. The van der Waals surface area contributed by atoms with Gasteiger partial charge in [0, 0.05) is 16.0 Å². The van der Waals surface area contributed by atoms with Gasteiger partial charge in [-0.3, -0.25) is 4.68 Å². The van der Waals surface area contributed by atoms with Gasteiger partial charge in [-0.05, 0) is 46.6 Å². The van der Waals surface area contributed by atoms with Gasteiger partial charge in [0.2, 0.25) is 0 Å². The van der Waals surface area contributed by atoms with E-state index in [4.69, 9.17) is 17.3 Å². The third-order valence-electron chi connectivity index (χ3n) is 2.72. The molecular weight excluding hydrogens is 381 g/mol. The Bertz CT molecular complexity index is 568. The summed E-state index contributed by atoms with van der Waals surface area (Å²) in [6.07, 6.45) is 1.76. The number of rotatable bonds is 3. The minimum atomic E-state index is -0.283. The first-order valence-corrected chi connectivity index (χ1v) is 7.42. The molecule has 0 aliphatic rings. The molecule has 3 nitrogen and oxygen atoms in total. The Balaban J connectivity index is 2.50. The van der Waals surface area contributed by atoms with Crippen LogP contribution in [0.2, 0.25) is 5.02 Å². The summed E-state index contributed by atoms with van der Waals surface area (Å²) >= 11 is 13.0. The van der Waals surface area contributed by atoms with Gasteiger partial charge >= 0.3 is 0 Å². The van der Waals surface area contributed by atoms with Crippen LogP contribution in [0.25, 0.3) is 0 Å². The largest absolute Gasteiger partial charge is 0.319 e. The number of hydrogen-bond donors (Lipinski definition) is 1. The summed E-state index contributed by atoms with van der Waals surface area (Å²) in [7, 11) is 0. The second-order valence-corrected chi connectivity index (χ2v) is 5.98. The van der Waals surface area contributed by atoms with E-state index in [9.17, 15) is 0 Å². The fraction of sp³-hybridized carbons (Fsp3) is 0.250. The summed E-state index contributed by atoms with van der Waals surface area (Å²) in [6, 6.07) is 5.32. The van der Waals surface area contributed by atoms with E-state index < -0.39 is 0 Å². The zero-order chi connectivity index (χ0) is 13.3. The van der Waals surface area contributed by atoms with Gasteiger partial charge in [-0.1, -0.05) is 27.5 Å². The van der Waals surface area contributed by atoms with Crippen LogP contribution >= 0.6 is 43.5 Å². The van der Waals surface area contributed by atoms with Crippen LogP contribution < -0.4 is 5.73 Å². The van der Waals surface area contributed by atoms with E-state index in [2.05, 4.69) is 37.0 Å². The molecule has 0 saturated heterocycles. The Labute approximate surface area is 128 Å². The van der Waals surface area contributed by atoms with Crippen LogP contribution in [0.15, 0.2) is 33.3 Å². The van der Waals surface area contributed by atoms with E-state index in [0.29, 0.717) is 5.02 Å². The van der Waals surface area contributed by atoms with Crippen molar-refractivity contribution in [3.05, 3.63) is 49.6 Å². The maximum absolute atomic E-state index is 6.33. The molecule has 6 heteroatoms. The highest BCUT2D eigenvalue weighted by molar-refractivity contribution is 9.10. The number of nitrogens with zero attached hydrogens (tertiary/aromatic N) is 2. The van der Waals surface area contributed by atoms with Crippen molar-refractivity contribution in [2.75, 3.05) is 0 Å². The van der Waals surface area contributed by atoms with Crippen LogP contribution in [-0.2, 0) is 6.54 Å². The first kappa shape index (κ1) is 14.1. The molecule has 1 aromatic heterocycles. The van der Waals surface area contributed by atoms with Crippen molar-refractivity contribution in [1.82, 2.24) is 9.78 Å². The van der Waals surface area contributed by atoms with Gasteiger partial charge in [0.25, 0.3) is 0 Å². The van der Waals surface area contributed by atoms with Gasteiger partial charge in [0.1, 0.15) is 0 Å². The number of aromatic nitrogens is 2. The molecule has 0 bridgehead atoms. The summed E-state index contributed by atoms with van der Waals surface area (Å²) in [6.45, 7) is 2.80. The van der Waals surface area contributed by atoms with E-state index in [0.717, 1.165) is 26.7 Å². The van der Waals surface area contributed by atoms with E-state index in [1.807, 2.05) is 29.8 Å². The summed E-state index contributed by atoms with van der Waals surface area (Å²) in [4.78, 5) is 0. The standard InChI is InChI=1S/C12H12Br2ClN3/c1-2-18-12(10(14)6-17-18)11(16)8-5-7(15)3-4-9(8)13/h3-6,11H,2,16H2,1H3. The highest BCUT2D eigenvalue weighted by atomic mass is 79.9. The molecular formula is C12H12Br2ClN3. The number of benzene rings is 1. The molecule has 2 rings (SSSR count). The zero-order valence-corrected chi connectivity index (χ0v) is 13.6. The summed E-state index contributed by atoms with van der Waals surface area (Å²) < 4.78 is 3.72. The molecule has 0 radical (unpaired) electrons. The van der Waals surface area contributed by atoms with Crippen LogP contribution in [-0.4, -0.2) is 9.78 Å². The van der Waals surface area contributed by atoms with Crippen molar-refractivity contribution >= 4 is 43.5 Å². The lowest BCUT2D eigenvalue weighted by Crippen LogP contribution is -2.18. The minimum Gasteiger partial charge on any atom is -0.319 e. The van der Waals surface area contributed by atoms with Crippen molar-refractivity contribution in [3.8, 4) is 0 Å². The number of hydrogen-bond acceptors (Lipinski definition) is 2. The zero-order valence-electron chi connectivity index (χ0n) is 9.70. The first-order valence-electron chi connectivity index (χ1n) is 5.46. The maximum Gasteiger partial charge on any atom is 0.0746 e. The molecule has 96 valence electrons. The van der Waals surface area contributed by atoms with Gasteiger partial charge in [-0.2, -0.15) is 5.10 Å². The van der Waals surface area contributed by atoms with E-state index in [1.54, 1.807) is 6.20 Å². The molecule has 2 N–H and O–H groups in total. The number of halogens is 3. The van der Waals surface area contributed by atoms with Gasteiger partial charge < -0.3 is 5.73 Å². The van der Waals surface area contributed by atoms with Crippen LogP contribution in [0.3, 0.4) is 0 Å². The highest BCUT2D eigenvalue weighted by Crippen LogP contribution is 2.32. The van der Waals surface area contributed by atoms with E-state index in [-0.39, 0.29) is 6.04 Å². The summed E-state index contributed by atoms with van der Waals surface area (Å²) in [5.41, 5.74) is 8.22. The third-order valence-corrected chi connectivity index (χ3v) is 4.29. The Morgan fingerprint density at radius 1 is 1.39 bits per heavy atom. The third kappa shape index (κ3) is 2.64. The average molecular weight is 394 g/mol. The second kappa shape index (κ2) is 5.74. The van der Waals surface area contributed by atoms with Crippen LogP contribution in [0.5, 0.6) is 0 Å². The minimum absolute atomic E-state index is 0.283. The van der Waals surface area contributed by atoms with Gasteiger partial charge in [0.05, 0.1) is 22.4 Å². The number of nitrogens with two attached hydrogens (primary N) is 1. The number of aryl methyl sites for hydroxylation is 1. The van der Waals surface area contributed by atoms with E-state index >= 15 is 0 Å². The maximum atomic E-state index is 6.33. The quantitative estimate of drug-likeness (QED) is 0.852. The average Bonchev–Trinajstić information content (AvgIpc) is 2.72. The SMILES string of the molecule is CCn1ncc(Br)c1C(N)c1cc(Cl)ccc1Br. The fourth-order valence-electron chi connectivity index (χ4n) is 1.83. The molecule has 0 aliphatic carbocycles. The molecule has 1 heterocycles. The lowest BCUT2D eigenvalue weighted by atomic mass is 10.0. The van der Waals surface area contributed by atoms with Crippen molar-refractivity contribution in [2.24, 2.45) is 5.73 Å². The van der Waals surface area contributed by atoms with Crippen LogP contribution in [0, 0.1) is 0 Å². The lowest BCUT2D eigenvalue weighted by molar-refractivity contribution is 0.599. The lowest BCUT2D eigenvalue weighted by Gasteiger charge is -2.16. The van der Waals surface area contributed by atoms with Crippen molar-refractivity contribution in [1.29, 1.82) is 0 Å². The molecule has 2 aromatic rings. The highest BCUT2D eigenvalue weighted by Gasteiger charge is 2.20. The molecule has 18 heavy (non-hydrogen) atoms. The predicted octanol–water partition coefficient (Wildman–Crippen LogP) is 4.13. The Morgan fingerprint density at radius 2 is 2.11 bits per heavy atom. The Hall–Kier alpha value is -0.360. The molecule has 1 atom stereocenters. The van der Waals surface area contributed by atoms with Gasteiger partial charge in [0.15, 0.2) is 0 Å². The molecule has 0 amide bonds. The van der Waals surface area contributed by atoms with Crippen molar-refractivity contribution < 1.29 is 0 Å². The molecule has 1 unspecified atom stereocenters. The van der Waals surface area contributed by atoms with Crippen molar-refractivity contribution in [3.63, 3.8) is 0 Å². The first-order chi connectivity index (χ1) is 8.54. The molecule has 0 spiro atoms. The van der Waals surface area contributed by atoms with Crippen molar-refractivity contribution in [2.45, 2.75) is 19.5 Å². The monoisotopic (exact) mass is 391 g/mol. The Kier molecular flexibility index (Phi) is 4.48. The van der Waals surface area contributed by atoms with Crippen LogP contribution in [0.4, 0.5) is 0 Å². The molecule has 0 aliphatic heterocycles. The van der Waals surface area contributed by atoms with Gasteiger partial charge in [-0.25, -0.2) is 0 Å². The van der Waals surface area contributed by atoms with Gasteiger partial charge in [-0.15, -0.1) is 0 Å². The smallest absolute Gasteiger partial charge is 0.0746 e. The Morgan fingerprint density at radius 3 is 2.78 bits per heavy atom. The normalized spacial score (nSPS) is 12.7.